The number of rotatable bonds is 2. The van der Waals surface area contributed by atoms with Crippen LogP contribution in [-0.4, -0.2) is 4.98 Å². The maximum Gasteiger partial charge on any atom is 0.125 e. The van der Waals surface area contributed by atoms with Crippen LogP contribution in [0.3, 0.4) is 0 Å². The summed E-state index contributed by atoms with van der Waals surface area (Å²) in [5.74, 6) is -0.305. The standard InChI is InChI=1S/C14H11FN2S/c15-10-6-5-9(11(16)8-10)7-14-17-12-3-1-2-4-13(12)18-14/h1-6,8H,7,16H2. The molecule has 3 rings (SSSR count). The minimum atomic E-state index is -0.305. The Balaban J connectivity index is 1.96. The van der Waals surface area contributed by atoms with Gasteiger partial charge in [0, 0.05) is 12.1 Å². The van der Waals surface area contributed by atoms with Gasteiger partial charge in [-0.1, -0.05) is 18.2 Å². The van der Waals surface area contributed by atoms with Crippen LogP contribution in [0.4, 0.5) is 10.1 Å². The molecule has 0 fully saturated rings. The van der Waals surface area contributed by atoms with Gasteiger partial charge in [0.15, 0.2) is 0 Å². The first-order valence-electron chi connectivity index (χ1n) is 5.61. The summed E-state index contributed by atoms with van der Waals surface area (Å²) < 4.78 is 14.1. The number of anilines is 1. The average molecular weight is 258 g/mol. The summed E-state index contributed by atoms with van der Waals surface area (Å²) in [4.78, 5) is 4.54. The molecule has 0 saturated heterocycles. The van der Waals surface area contributed by atoms with Crippen molar-refractivity contribution in [3.63, 3.8) is 0 Å². The predicted molar refractivity (Wildman–Crippen MR) is 73.2 cm³/mol. The molecular weight excluding hydrogens is 247 g/mol. The fourth-order valence-corrected chi connectivity index (χ4v) is 2.88. The molecule has 0 aliphatic heterocycles. The first-order chi connectivity index (χ1) is 8.72. The summed E-state index contributed by atoms with van der Waals surface area (Å²) in [6.45, 7) is 0. The van der Waals surface area contributed by atoms with E-state index >= 15 is 0 Å². The highest BCUT2D eigenvalue weighted by molar-refractivity contribution is 7.18. The van der Waals surface area contributed by atoms with Crippen LogP contribution in [0.25, 0.3) is 10.2 Å². The van der Waals surface area contributed by atoms with Gasteiger partial charge < -0.3 is 5.73 Å². The van der Waals surface area contributed by atoms with Crippen LogP contribution >= 0.6 is 11.3 Å². The lowest BCUT2D eigenvalue weighted by molar-refractivity contribution is 0.628. The smallest absolute Gasteiger partial charge is 0.125 e. The van der Waals surface area contributed by atoms with Crippen molar-refractivity contribution in [2.45, 2.75) is 6.42 Å². The Labute approximate surface area is 108 Å². The van der Waals surface area contributed by atoms with Crippen LogP contribution in [0.2, 0.25) is 0 Å². The SMILES string of the molecule is Nc1cc(F)ccc1Cc1nc2ccccc2s1. The second kappa shape index (κ2) is 4.38. The van der Waals surface area contributed by atoms with Gasteiger partial charge in [-0.2, -0.15) is 0 Å². The van der Waals surface area contributed by atoms with E-state index in [0.717, 1.165) is 20.8 Å². The van der Waals surface area contributed by atoms with Crippen molar-refractivity contribution >= 4 is 27.2 Å². The van der Waals surface area contributed by atoms with E-state index in [4.69, 9.17) is 5.73 Å². The van der Waals surface area contributed by atoms with Crippen molar-refractivity contribution in [3.05, 3.63) is 58.9 Å². The van der Waals surface area contributed by atoms with Crippen LogP contribution < -0.4 is 5.73 Å². The molecule has 18 heavy (non-hydrogen) atoms. The van der Waals surface area contributed by atoms with Crippen LogP contribution in [0, 0.1) is 5.82 Å². The molecule has 2 aromatic carbocycles. The zero-order valence-corrected chi connectivity index (χ0v) is 10.4. The molecule has 3 aromatic rings. The Hall–Kier alpha value is -1.94. The van der Waals surface area contributed by atoms with E-state index in [0.29, 0.717) is 12.1 Å². The Morgan fingerprint density at radius 1 is 1.17 bits per heavy atom. The molecule has 0 aliphatic rings. The molecule has 4 heteroatoms. The van der Waals surface area contributed by atoms with E-state index < -0.39 is 0 Å². The van der Waals surface area contributed by atoms with E-state index in [1.165, 1.54) is 12.1 Å². The van der Waals surface area contributed by atoms with Crippen LogP contribution in [-0.2, 0) is 6.42 Å². The number of halogens is 1. The first-order valence-corrected chi connectivity index (χ1v) is 6.42. The van der Waals surface area contributed by atoms with Gasteiger partial charge >= 0.3 is 0 Å². The molecule has 0 unspecified atom stereocenters. The summed E-state index contributed by atoms with van der Waals surface area (Å²) >= 11 is 1.64. The van der Waals surface area contributed by atoms with Gasteiger partial charge in [-0.15, -0.1) is 11.3 Å². The number of hydrogen-bond donors (Lipinski definition) is 1. The maximum atomic E-state index is 13.0. The Kier molecular flexibility index (Phi) is 2.72. The number of nitrogen functional groups attached to an aromatic ring is 1. The van der Waals surface area contributed by atoms with Gasteiger partial charge in [0.25, 0.3) is 0 Å². The fraction of sp³-hybridized carbons (Fsp3) is 0.0714. The normalized spacial score (nSPS) is 10.9. The average Bonchev–Trinajstić information content (AvgIpc) is 2.75. The largest absolute Gasteiger partial charge is 0.398 e. The Morgan fingerprint density at radius 3 is 2.78 bits per heavy atom. The third kappa shape index (κ3) is 2.07. The number of nitrogens with zero attached hydrogens (tertiary/aromatic N) is 1. The molecule has 0 aliphatic carbocycles. The third-order valence-electron chi connectivity index (χ3n) is 2.79. The lowest BCUT2D eigenvalue weighted by atomic mass is 10.1. The highest BCUT2D eigenvalue weighted by Crippen LogP contribution is 2.25. The summed E-state index contributed by atoms with van der Waals surface area (Å²) in [6.07, 6.45) is 0.644. The van der Waals surface area contributed by atoms with Crippen molar-refractivity contribution < 1.29 is 4.39 Å². The molecule has 0 atom stereocenters. The second-order valence-electron chi connectivity index (χ2n) is 4.10. The number of benzene rings is 2. The lowest BCUT2D eigenvalue weighted by Gasteiger charge is -2.02. The molecule has 0 spiro atoms. The van der Waals surface area contributed by atoms with E-state index in [-0.39, 0.29) is 5.82 Å². The highest BCUT2D eigenvalue weighted by atomic mass is 32.1. The summed E-state index contributed by atoms with van der Waals surface area (Å²) in [6, 6.07) is 12.5. The van der Waals surface area contributed by atoms with Gasteiger partial charge in [0.05, 0.1) is 15.2 Å². The van der Waals surface area contributed by atoms with Crippen molar-refractivity contribution in [2.75, 3.05) is 5.73 Å². The number of nitrogens with two attached hydrogens (primary N) is 1. The predicted octanol–water partition coefficient (Wildman–Crippen LogP) is 3.61. The van der Waals surface area contributed by atoms with E-state index in [1.54, 1.807) is 17.4 Å². The fourth-order valence-electron chi connectivity index (χ4n) is 1.89. The molecule has 2 N–H and O–H groups in total. The lowest BCUT2D eigenvalue weighted by Crippen LogP contribution is -1.96. The molecule has 90 valence electrons. The van der Waals surface area contributed by atoms with E-state index in [1.807, 2.05) is 24.3 Å². The Bertz CT molecular complexity index is 673. The monoisotopic (exact) mass is 258 g/mol. The third-order valence-corrected chi connectivity index (χ3v) is 3.82. The summed E-state index contributed by atoms with van der Waals surface area (Å²) in [5, 5.41) is 0.995. The zero-order chi connectivity index (χ0) is 12.5. The molecule has 0 amide bonds. The van der Waals surface area contributed by atoms with Crippen molar-refractivity contribution in [2.24, 2.45) is 0 Å². The zero-order valence-electron chi connectivity index (χ0n) is 9.56. The van der Waals surface area contributed by atoms with Crippen LogP contribution in [0.1, 0.15) is 10.6 Å². The number of thiazole rings is 1. The quantitative estimate of drug-likeness (QED) is 0.713. The van der Waals surface area contributed by atoms with Gasteiger partial charge in [-0.25, -0.2) is 9.37 Å². The molecule has 0 saturated carbocycles. The molecule has 2 nitrogen and oxygen atoms in total. The molecule has 0 radical (unpaired) electrons. The molecule has 1 aromatic heterocycles. The Morgan fingerprint density at radius 2 is 2.00 bits per heavy atom. The van der Waals surface area contributed by atoms with Gasteiger partial charge in [0.1, 0.15) is 5.82 Å². The number of para-hydroxylation sites is 1. The maximum absolute atomic E-state index is 13.0. The molecule has 0 bridgehead atoms. The van der Waals surface area contributed by atoms with Crippen LogP contribution in [0.5, 0.6) is 0 Å². The molecule has 1 heterocycles. The van der Waals surface area contributed by atoms with Crippen molar-refractivity contribution in [1.82, 2.24) is 4.98 Å². The van der Waals surface area contributed by atoms with Crippen molar-refractivity contribution in [3.8, 4) is 0 Å². The van der Waals surface area contributed by atoms with Crippen LogP contribution in [0.15, 0.2) is 42.5 Å². The minimum absolute atomic E-state index is 0.305. The number of fused-ring (bicyclic) bond motifs is 1. The van der Waals surface area contributed by atoms with Gasteiger partial charge in [-0.3, -0.25) is 0 Å². The van der Waals surface area contributed by atoms with E-state index in [9.17, 15) is 4.39 Å². The summed E-state index contributed by atoms with van der Waals surface area (Å²) in [7, 11) is 0. The van der Waals surface area contributed by atoms with Crippen molar-refractivity contribution in [1.29, 1.82) is 0 Å². The first kappa shape index (κ1) is 11.2. The number of aromatic nitrogens is 1. The highest BCUT2D eigenvalue weighted by Gasteiger charge is 2.07. The summed E-state index contributed by atoms with van der Waals surface area (Å²) in [5.41, 5.74) is 8.19. The minimum Gasteiger partial charge on any atom is -0.398 e. The molecular formula is C14H11FN2S. The number of hydrogen-bond acceptors (Lipinski definition) is 3. The van der Waals surface area contributed by atoms with Gasteiger partial charge in [-0.05, 0) is 29.8 Å². The second-order valence-corrected chi connectivity index (χ2v) is 5.21. The topological polar surface area (TPSA) is 38.9 Å². The van der Waals surface area contributed by atoms with Gasteiger partial charge in [0.2, 0.25) is 0 Å². The van der Waals surface area contributed by atoms with E-state index in [2.05, 4.69) is 4.98 Å².